The molecular formula is C18H21N3O3. The summed E-state index contributed by atoms with van der Waals surface area (Å²) < 4.78 is 11.3. The standard InChI is InChI=1S/C18H21N3O3/c1-14-7-8-17(20-19-14)24-16-9-10-21(11-16)18(22)13-23-12-15-5-3-2-4-6-15/h2-8,16H,9-13H2,1H3/t16-/m1/s1. The van der Waals surface area contributed by atoms with Gasteiger partial charge in [0.25, 0.3) is 0 Å². The zero-order valence-electron chi connectivity index (χ0n) is 13.7. The van der Waals surface area contributed by atoms with Crippen molar-refractivity contribution in [2.24, 2.45) is 0 Å². The number of amides is 1. The van der Waals surface area contributed by atoms with Crippen LogP contribution in [0.1, 0.15) is 17.7 Å². The van der Waals surface area contributed by atoms with E-state index in [1.54, 1.807) is 11.0 Å². The lowest BCUT2D eigenvalue weighted by molar-refractivity contribution is -0.135. The third kappa shape index (κ3) is 4.52. The van der Waals surface area contributed by atoms with Gasteiger partial charge in [-0.3, -0.25) is 4.79 Å². The number of carbonyl (C=O) groups is 1. The van der Waals surface area contributed by atoms with Crippen LogP contribution in [0.25, 0.3) is 0 Å². The molecule has 1 fully saturated rings. The van der Waals surface area contributed by atoms with Gasteiger partial charge in [-0.15, -0.1) is 5.10 Å². The van der Waals surface area contributed by atoms with E-state index in [1.165, 1.54) is 0 Å². The fraction of sp³-hybridized carbons (Fsp3) is 0.389. The second kappa shape index (κ2) is 7.88. The maximum atomic E-state index is 12.2. The molecular weight excluding hydrogens is 306 g/mol. The lowest BCUT2D eigenvalue weighted by Gasteiger charge is -2.17. The molecule has 3 rings (SSSR count). The first-order valence-electron chi connectivity index (χ1n) is 8.07. The van der Waals surface area contributed by atoms with Crippen molar-refractivity contribution >= 4 is 5.91 Å². The number of benzene rings is 1. The Hall–Kier alpha value is -2.47. The molecule has 1 aromatic heterocycles. The van der Waals surface area contributed by atoms with Crippen molar-refractivity contribution in [1.82, 2.24) is 15.1 Å². The van der Waals surface area contributed by atoms with Gasteiger partial charge < -0.3 is 14.4 Å². The molecule has 6 nitrogen and oxygen atoms in total. The van der Waals surface area contributed by atoms with Gasteiger partial charge in [-0.25, -0.2) is 0 Å². The van der Waals surface area contributed by atoms with Crippen LogP contribution in [-0.4, -0.2) is 46.8 Å². The van der Waals surface area contributed by atoms with E-state index in [0.29, 0.717) is 25.6 Å². The molecule has 1 aliphatic heterocycles. The molecule has 0 N–H and O–H groups in total. The molecule has 1 atom stereocenters. The molecule has 1 aliphatic rings. The zero-order chi connectivity index (χ0) is 16.8. The van der Waals surface area contributed by atoms with Crippen molar-refractivity contribution in [2.45, 2.75) is 26.1 Å². The second-order valence-electron chi connectivity index (χ2n) is 5.86. The maximum absolute atomic E-state index is 12.2. The molecule has 2 heterocycles. The average molecular weight is 327 g/mol. The summed E-state index contributed by atoms with van der Waals surface area (Å²) in [6, 6.07) is 13.5. The molecule has 126 valence electrons. The molecule has 2 aromatic rings. The summed E-state index contributed by atoms with van der Waals surface area (Å²) in [6.07, 6.45) is 0.750. The van der Waals surface area contributed by atoms with Gasteiger partial charge in [-0.1, -0.05) is 30.3 Å². The minimum absolute atomic E-state index is 0.00739. The van der Waals surface area contributed by atoms with Crippen molar-refractivity contribution in [3.05, 3.63) is 53.7 Å². The lowest BCUT2D eigenvalue weighted by Crippen LogP contribution is -2.33. The van der Waals surface area contributed by atoms with Gasteiger partial charge in [0.15, 0.2) is 0 Å². The Labute approximate surface area is 141 Å². The van der Waals surface area contributed by atoms with Crippen molar-refractivity contribution in [1.29, 1.82) is 0 Å². The minimum Gasteiger partial charge on any atom is -0.471 e. The van der Waals surface area contributed by atoms with Crippen LogP contribution in [-0.2, 0) is 16.1 Å². The molecule has 6 heteroatoms. The third-order valence-electron chi connectivity index (χ3n) is 3.90. The van der Waals surface area contributed by atoms with Gasteiger partial charge in [-0.05, 0) is 18.6 Å². The topological polar surface area (TPSA) is 64.5 Å². The van der Waals surface area contributed by atoms with Crippen LogP contribution in [0, 0.1) is 6.92 Å². The first-order valence-corrected chi connectivity index (χ1v) is 8.07. The Morgan fingerprint density at radius 1 is 1.21 bits per heavy atom. The molecule has 0 bridgehead atoms. The molecule has 0 spiro atoms. The number of likely N-dealkylation sites (tertiary alicyclic amines) is 1. The van der Waals surface area contributed by atoms with Crippen LogP contribution in [0.3, 0.4) is 0 Å². The quantitative estimate of drug-likeness (QED) is 0.812. The van der Waals surface area contributed by atoms with E-state index in [4.69, 9.17) is 9.47 Å². The van der Waals surface area contributed by atoms with Crippen LogP contribution in [0.15, 0.2) is 42.5 Å². The fourth-order valence-corrected chi connectivity index (χ4v) is 2.59. The number of rotatable bonds is 6. The lowest BCUT2D eigenvalue weighted by atomic mass is 10.2. The summed E-state index contributed by atoms with van der Waals surface area (Å²) in [5.74, 6) is 0.493. The smallest absolute Gasteiger partial charge is 0.248 e. The van der Waals surface area contributed by atoms with Crippen LogP contribution in [0.2, 0.25) is 0 Å². The molecule has 1 amide bonds. The predicted octanol–water partition coefficient (Wildman–Crippen LogP) is 1.98. The molecule has 0 radical (unpaired) electrons. The Morgan fingerprint density at radius 2 is 2.04 bits per heavy atom. The molecule has 1 saturated heterocycles. The number of hydrogen-bond donors (Lipinski definition) is 0. The van der Waals surface area contributed by atoms with Crippen molar-refractivity contribution in [3.8, 4) is 5.88 Å². The average Bonchev–Trinajstić information content (AvgIpc) is 3.06. The summed E-state index contributed by atoms with van der Waals surface area (Å²) >= 11 is 0. The Kier molecular flexibility index (Phi) is 5.38. The highest BCUT2D eigenvalue weighted by Crippen LogP contribution is 2.16. The first-order chi connectivity index (χ1) is 11.7. The van der Waals surface area contributed by atoms with Gasteiger partial charge >= 0.3 is 0 Å². The van der Waals surface area contributed by atoms with Gasteiger partial charge in [-0.2, -0.15) is 5.10 Å². The SMILES string of the molecule is Cc1ccc(O[C@@H]2CCN(C(=O)COCc3ccccc3)C2)nn1. The van der Waals surface area contributed by atoms with Crippen LogP contribution < -0.4 is 4.74 Å². The van der Waals surface area contributed by atoms with E-state index in [1.807, 2.05) is 43.3 Å². The number of hydrogen-bond acceptors (Lipinski definition) is 5. The van der Waals surface area contributed by atoms with E-state index in [0.717, 1.165) is 17.7 Å². The second-order valence-corrected chi connectivity index (χ2v) is 5.86. The van der Waals surface area contributed by atoms with E-state index in [2.05, 4.69) is 10.2 Å². The van der Waals surface area contributed by atoms with E-state index in [-0.39, 0.29) is 18.6 Å². The normalized spacial score (nSPS) is 17.0. The largest absolute Gasteiger partial charge is 0.471 e. The van der Waals surface area contributed by atoms with E-state index < -0.39 is 0 Å². The number of aryl methyl sites for hydroxylation is 1. The van der Waals surface area contributed by atoms with Crippen molar-refractivity contribution < 1.29 is 14.3 Å². The summed E-state index contributed by atoms with van der Waals surface area (Å²) in [7, 11) is 0. The molecule has 0 unspecified atom stereocenters. The fourth-order valence-electron chi connectivity index (χ4n) is 2.59. The Morgan fingerprint density at radius 3 is 2.79 bits per heavy atom. The number of nitrogens with zero attached hydrogens (tertiary/aromatic N) is 3. The number of carbonyl (C=O) groups excluding carboxylic acids is 1. The molecule has 0 aliphatic carbocycles. The van der Waals surface area contributed by atoms with Crippen molar-refractivity contribution in [3.63, 3.8) is 0 Å². The Bertz CT molecular complexity index is 661. The number of ether oxygens (including phenoxy) is 2. The van der Waals surface area contributed by atoms with Crippen LogP contribution in [0.4, 0.5) is 0 Å². The summed E-state index contributed by atoms with van der Waals surface area (Å²) in [5.41, 5.74) is 1.91. The highest BCUT2D eigenvalue weighted by atomic mass is 16.5. The Balaban J connectivity index is 1.41. The van der Waals surface area contributed by atoms with Gasteiger partial charge in [0.05, 0.1) is 18.8 Å². The van der Waals surface area contributed by atoms with Crippen LogP contribution in [0.5, 0.6) is 5.88 Å². The first kappa shape index (κ1) is 16.4. The summed E-state index contributed by atoms with van der Waals surface area (Å²) in [5, 5.41) is 7.96. The van der Waals surface area contributed by atoms with Gasteiger partial charge in [0, 0.05) is 19.0 Å². The van der Waals surface area contributed by atoms with Gasteiger partial charge in [0.1, 0.15) is 12.7 Å². The monoisotopic (exact) mass is 327 g/mol. The van der Waals surface area contributed by atoms with E-state index in [9.17, 15) is 4.79 Å². The summed E-state index contributed by atoms with van der Waals surface area (Å²) in [6.45, 7) is 3.65. The predicted molar refractivity (Wildman–Crippen MR) is 88.5 cm³/mol. The van der Waals surface area contributed by atoms with E-state index >= 15 is 0 Å². The third-order valence-corrected chi connectivity index (χ3v) is 3.90. The summed E-state index contributed by atoms with van der Waals surface area (Å²) in [4.78, 5) is 14.0. The maximum Gasteiger partial charge on any atom is 0.248 e. The van der Waals surface area contributed by atoms with Crippen LogP contribution >= 0.6 is 0 Å². The zero-order valence-corrected chi connectivity index (χ0v) is 13.7. The van der Waals surface area contributed by atoms with Crippen molar-refractivity contribution in [2.75, 3.05) is 19.7 Å². The minimum atomic E-state index is -0.0416. The molecule has 24 heavy (non-hydrogen) atoms. The highest BCUT2D eigenvalue weighted by Gasteiger charge is 2.27. The molecule has 0 saturated carbocycles. The van der Waals surface area contributed by atoms with Gasteiger partial charge in [0.2, 0.25) is 11.8 Å². The highest BCUT2D eigenvalue weighted by molar-refractivity contribution is 5.77. The number of aromatic nitrogens is 2. The molecule has 1 aromatic carbocycles.